The molecule has 0 heterocycles. The Kier molecular flexibility index (Phi) is 4.31. The molecule has 2 unspecified atom stereocenters. The van der Waals surface area contributed by atoms with Crippen molar-refractivity contribution in [3.05, 3.63) is 0 Å². The molecule has 1 saturated carbocycles. The molecule has 0 aromatic rings. The van der Waals surface area contributed by atoms with Crippen LogP contribution in [0.5, 0.6) is 0 Å². The number of rotatable bonds is 5. The maximum Gasteiger partial charge on any atom is 0.277 e. The van der Waals surface area contributed by atoms with Gasteiger partial charge in [-0.1, -0.05) is 13.3 Å². The van der Waals surface area contributed by atoms with Crippen molar-refractivity contribution in [3.63, 3.8) is 0 Å². The molecule has 0 radical (unpaired) electrons. The molecule has 14 heavy (non-hydrogen) atoms. The van der Waals surface area contributed by atoms with E-state index >= 15 is 0 Å². The average Bonchev–Trinajstić information content (AvgIpc) is 2.48. The van der Waals surface area contributed by atoms with Gasteiger partial charge in [0.15, 0.2) is 0 Å². The van der Waals surface area contributed by atoms with Crippen molar-refractivity contribution in [1.29, 1.82) is 0 Å². The van der Waals surface area contributed by atoms with Gasteiger partial charge in [0.05, 0.1) is 0 Å². The molecule has 0 aliphatic heterocycles. The summed E-state index contributed by atoms with van der Waals surface area (Å²) in [6.45, 7) is 2.39. The Balaban J connectivity index is 2.42. The highest BCUT2D eigenvalue weighted by Crippen LogP contribution is 2.17. The Bertz CT molecular complexity index is 266. The first-order valence-corrected chi connectivity index (χ1v) is 6.56. The van der Waals surface area contributed by atoms with Crippen molar-refractivity contribution in [2.45, 2.75) is 44.7 Å². The maximum absolute atomic E-state index is 11.4. The summed E-state index contributed by atoms with van der Waals surface area (Å²) in [6, 6.07) is -0.127. The zero-order chi connectivity index (χ0) is 10.6. The van der Waals surface area contributed by atoms with Crippen molar-refractivity contribution in [1.82, 2.24) is 9.44 Å². The van der Waals surface area contributed by atoms with Crippen LogP contribution in [0.15, 0.2) is 0 Å². The summed E-state index contributed by atoms with van der Waals surface area (Å²) in [5, 5.41) is 0. The molecule has 84 valence electrons. The zero-order valence-corrected chi connectivity index (χ0v) is 9.31. The van der Waals surface area contributed by atoms with E-state index < -0.39 is 10.2 Å². The molecule has 0 aromatic carbocycles. The lowest BCUT2D eigenvalue weighted by Crippen LogP contribution is -2.48. The highest BCUT2D eigenvalue weighted by molar-refractivity contribution is 7.87. The van der Waals surface area contributed by atoms with Gasteiger partial charge >= 0.3 is 0 Å². The molecule has 5 nitrogen and oxygen atoms in total. The smallest absolute Gasteiger partial charge is 0.277 e. The van der Waals surface area contributed by atoms with Gasteiger partial charge in [-0.05, 0) is 19.3 Å². The van der Waals surface area contributed by atoms with Crippen LogP contribution >= 0.6 is 0 Å². The van der Waals surface area contributed by atoms with Gasteiger partial charge in [0.2, 0.25) is 0 Å². The normalized spacial score (nSPS) is 28.1. The first kappa shape index (κ1) is 11.9. The topological polar surface area (TPSA) is 84.2 Å². The Morgan fingerprint density at radius 1 is 1.43 bits per heavy atom. The Morgan fingerprint density at radius 3 is 2.64 bits per heavy atom. The summed E-state index contributed by atoms with van der Waals surface area (Å²) in [7, 11) is -3.34. The van der Waals surface area contributed by atoms with Gasteiger partial charge in [-0.25, -0.2) is 4.72 Å². The summed E-state index contributed by atoms with van der Waals surface area (Å²) in [5.41, 5.74) is 5.76. The SMILES string of the molecule is CCCNS(=O)(=O)NC1CCCC1N. The predicted octanol–water partition coefficient (Wildman–Crippen LogP) is -0.300. The minimum absolute atomic E-state index is 0.0341. The fraction of sp³-hybridized carbons (Fsp3) is 1.00. The van der Waals surface area contributed by atoms with Crippen LogP contribution in [0.3, 0.4) is 0 Å². The highest BCUT2D eigenvalue weighted by Gasteiger charge is 2.27. The van der Waals surface area contributed by atoms with Crippen LogP contribution in [0.4, 0.5) is 0 Å². The van der Waals surface area contributed by atoms with Crippen molar-refractivity contribution in [2.24, 2.45) is 5.73 Å². The summed E-state index contributed by atoms with van der Waals surface area (Å²) in [6.07, 6.45) is 3.54. The van der Waals surface area contributed by atoms with E-state index in [0.29, 0.717) is 6.54 Å². The van der Waals surface area contributed by atoms with Crippen LogP contribution in [-0.2, 0) is 10.2 Å². The standard InChI is InChI=1S/C8H19N3O2S/c1-2-6-10-14(12,13)11-8-5-3-4-7(8)9/h7-8,10-11H,2-6,9H2,1H3. The second-order valence-corrected chi connectivity index (χ2v) is 5.25. The molecule has 4 N–H and O–H groups in total. The van der Waals surface area contributed by atoms with Gasteiger partial charge in [-0.3, -0.25) is 0 Å². The predicted molar refractivity (Wildman–Crippen MR) is 56.0 cm³/mol. The Hall–Kier alpha value is -0.170. The molecule has 0 amide bonds. The highest BCUT2D eigenvalue weighted by atomic mass is 32.2. The van der Waals surface area contributed by atoms with Crippen molar-refractivity contribution >= 4 is 10.2 Å². The minimum Gasteiger partial charge on any atom is -0.326 e. The Labute approximate surface area is 85.6 Å². The minimum atomic E-state index is -3.34. The lowest BCUT2D eigenvalue weighted by Gasteiger charge is -2.17. The van der Waals surface area contributed by atoms with Gasteiger partial charge in [0.1, 0.15) is 0 Å². The van der Waals surface area contributed by atoms with Gasteiger partial charge in [-0.15, -0.1) is 0 Å². The fourth-order valence-electron chi connectivity index (χ4n) is 1.61. The van der Waals surface area contributed by atoms with Crippen LogP contribution < -0.4 is 15.2 Å². The van der Waals surface area contributed by atoms with Gasteiger partial charge in [-0.2, -0.15) is 13.1 Å². The lowest BCUT2D eigenvalue weighted by molar-refractivity contribution is 0.513. The van der Waals surface area contributed by atoms with Crippen molar-refractivity contribution in [3.8, 4) is 0 Å². The maximum atomic E-state index is 11.4. The molecule has 1 fully saturated rings. The second kappa shape index (κ2) is 5.06. The zero-order valence-electron chi connectivity index (χ0n) is 8.49. The van der Waals surface area contributed by atoms with Crippen molar-refractivity contribution in [2.75, 3.05) is 6.54 Å². The summed E-state index contributed by atoms with van der Waals surface area (Å²) >= 11 is 0. The van der Waals surface area contributed by atoms with Crippen LogP contribution in [0, 0.1) is 0 Å². The number of hydrogen-bond acceptors (Lipinski definition) is 3. The first-order chi connectivity index (χ1) is 6.55. The van der Waals surface area contributed by atoms with Crippen LogP contribution in [-0.4, -0.2) is 27.0 Å². The largest absolute Gasteiger partial charge is 0.326 e. The van der Waals surface area contributed by atoms with E-state index in [4.69, 9.17) is 5.73 Å². The average molecular weight is 221 g/mol. The van der Waals surface area contributed by atoms with Crippen LogP contribution in [0.1, 0.15) is 32.6 Å². The summed E-state index contributed by atoms with van der Waals surface area (Å²) in [4.78, 5) is 0. The van der Waals surface area contributed by atoms with E-state index in [2.05, 4.69) is 9.44 Å². The fourth-order valence-corrected chi connectivity index (χ4v) is 2.86. The van der Waals surface area contributed by atoms with E-state index in [-0.39, 0.29) is 12.1 Å². The first-order valence-electron chi connectivity index (χ1n) is 5.07. The number of hydrogen-bond donors (Lipinski definition) is 3. The molecule has 0 saturated heterocycles. The van der Waals surface area contributed by atoms with Crippen molar-refractivity contribution < 1.29 is 8.42 Å². The molecule has 1 aliphatic rings. The third kappa shape index (κ3) is 3.53. The van der Waals surface area contributed by atoms with E-state index in [1.807, 2.05) is 6.92 Å². The Morgan fingerprint density at radius 2 is 2.14 bits per heavy atom. The molecule has 1 rings (SSSR count). The van der Waals surface area contributed by atoms with E-state index in [1.54, 1.807) is 0 Å². The van der Waals surface area contributed by atoms with Crippen LogP contribution in [0.2, 0.25) is 0 Å². The van der Waals surface area contributed by atoms with Gasteiger partial charge < -0.3 is 5.73 Å². The molecule has 0 spiro atoms. The molecule has 0 aromatic heterocycles. The third-order valence-corrected chi connectivity index (χ3v) is 3.62. The third-order valence-electron chi connectivity index (χ3n) is 2.42. The number of nitrogens with one attached hydrogen (secondary N) is 2. The van der Waals surface area contributed by atoms with Crippen LogP contribution in [0.25, 0.3) is 0 Å². The lowest BCUT2D eigenvalue weighted by atomic mass is 10.2. The van der Waals surface area contributed by atoms with E-state index in [1.165, 1.54) is 0 Å². The van der Waals surface area contributed by atoms with Gasteiger partial charge in [0, 0.05) is 18.6 Å². The van der Waals surface area contributed by atoms with Gasteiger partial charge in [0.25, 0.3) is 10.2 Å². The van der Waals surface area contributed by atoms with E-state index in [9.17, 15) is 8.42 Å². The number of nitrogens with two attached hydrogens (primary N) is 1. The van der Waals surface area contributed by atoms with E-state index in [0.717, 1.165) is 25.7 Å². The second-order valence-electron chi connectivity index (χ2n) is 3.72. The molecule has 2 atom stereocenters. The molecular weight excluding hydrogens is 202 g/mol. The summed E-state index contributed by atoms with van der Waals surface area (Å²) in [5.74, 6) is 0. The molecular formula is C8H19N3O2S. The monoisotopic (exact) mass is 221 g/mol. The molecule has 1 aliphatic carbocycles. The summed E-state index contributed by atoms with van der Waals surface area (Å²) < 4.78 is 27.9. The molecule has 6 heteroatoms. The quantitative estimate of drug-likeness (QED) is 0.596. The molecule has 0 bridgehead atoms.